The lowest BCUT2D eigenvalue weighted by molar-refractivity contribution is -0.120. The molecule has 0 aliphatic heterocycles. The van der Waals surface area contributed by atoms with Gasteiger partial charge < -0.3 is 16.0 Å². The number of nitrogens with zero attached hydrogens (tertiary/aromatic N) is 1. The standard InChI is InChI=1S/C13H17N3O/c1-9(13(15)17)16-8-10(6-7-14)11-4-2-3-5-12(11)16/h2-5,8-9H,6-7,14H2,1H3,(H2,15,17). The summed E-state index contributed by atoms with van der Waals surface area (Å²) in [6.45, 7) is 2.40. The third kappa shape index (κ3) is 2.03. The molecule has 0 saturated carbocycles. The monoisotopic (exact) mass is 231 g/mol. The maximum absolute atomic E-state index is 11.3. The average Bonchev–Trinajstić information content (AvgIpc) is 2.68. The zero-order valence-electron chi connectivity index (χ0n) is 9.89. The molecule has 0 aliphatic rings. The summed E-state index contributed by atoms with van der Waals surface area (Å²) < 4.78 is 1.92. The van der Waals surface area contributed by atoms with E-state index in [0.717, 1.165) is 22.9 Å². The van der Waals surface area contributed by atoms with Gasteiger partial charge in [-0.1, -0.05) is 18.2 Å². The zero-order chi connectivity index (χ0) is 12.4. The van der Waals surface area contributed by atoms with Crippen LogP contribution in [0.3, 0.4) is 0 Å². The number of hydrogen-bond acceptors (Lipinski definition) is 2. The molecule has 0 spiro atoms. The molecule has 0 aliphatic carbocycles. The van der Waals surface area contributed by atoms with Crippen molar-refractivity contribution >= 4 is 16.8 Å². The van der Waals surface area contributed by atoms with Crippen LogP contribution in [0.5, 0.6) is 0 Å². The quantitative estimate of drug-likeness (QED) is 0.829. The van der Waals surface area contributed by atoms with Crippen molar-refractivity contribution in [3.05, 3.63) is 36.0 Å². The number of benzene rings is 1. The number of carbonyl (C=O) groups is 1. The molecule has 0 fully saturated rings. The SMILES string of the molecule is CC(C(N)=O)n1cc(CCN)c2ccccc21. The van der Waals surface area contributed by atoms with Crippen LogP contribution in [0.1, 0.15) is 18.5 Å². The first-order chi connectivity index (χ1) is 8.15. The van der Waals surface area contributed by atoms with Crippen molar-refractivity contribution < 1.29 is 4.79 Å². The van der Waals surface area contributed by atoms with Crippen LogP contribution in [-0.2, 0) is 11.2 Å². The molecule has 4 heteroatoms. The Morgan fingerprint density at radius 1 is 1.41 bits per heavy atom. The highest BCUT2D eigenvalue weighted by Crippen LogP contribution is 2.24. The Kier molecular flexibility index (Phi) is 3.15. The summed E-state index contributed by atoms with van der Waals surface area (Å²) in [7, 11) is 0. The van der Waals surface area contributed by atoms with Gasteiger partial charge in [-0.2, -0.15) is 0 Å². The van der Waals surface area contributed by atoms with E-state index in [1.165, 1.54) is 0 Å². The molecule has 0 saturated heterocycles. The van der Waals surface area contributed by atoms with Crippen LogP contribution in [0.2, 0.25) is 0 Å². The third-order valence-corrected chi connectivity index (χ3v) is 3.07. The molecule has 1 atom stereocenters. The third-order valence-electron chi connectivity index (χ3n) is 3.07. The summed E-state index contributed by atoms with van der Waals surface area (Å²) in [4.78, 5) is 11.3. The van der Waals surface area contributed by atoms with Gasteiger partial charge in [-0.3, -0.25) is 4.79 Å². The van der Waals surface area contributed by atoms with E-state index < -0.39 is 0 Å². The average molecular weight is 231 g/mol. The van der Waals surface area contributed by atoms with E-state index in [0.29, 0.717) is 6.54 Å². The molecular formula is C13H17N3O. The summed E-state index contributed by atoms with van der Waals surface area (Å²) in [6.07, 6.45) is 2.78. The van der Waals surface area contributed by atoms with Crippen LogP contribution in [0.15, 0.2) is 30.5 Å². The molecule has 1 aromatic heterocycles. The normalized spacial score (nSPS) is 12.8. The first-order valence-electron chi connectivity index (χ1n) is 5.73. The number of nitrogens with two attached hydrogens (primary N) is 2. The highest BCUT2D eigenvalue weighted by atomic mass is 16.1. The Morgan fingerprint density at radius 3 is 2.76 bits per heavy atom. The van der Waals surface area contributed by atoms with Gasteiger partial charge in [0.25, 0.3) is 0 Å². The van der Waals surface area contributed by atoms with Gasteiger partial charge in [0.1, 0.15) is 6.04 Å². The molecular weight excluding hydrogens is 214 g/mol. The van der Waals surface area contributed by atoms with Gasteiger partial charge in [-0.25, -0.2) is 0 Å². The number of para-hydroxylation sites is 1. The molecule has 1 aromatic carbocycles. The van der Waals surface area contributed by atoms with Crippen LogP contribution in [0.25, 0.3) is 10.9 Å². The second-order valence-corrected chi connectivity index (χ2v) is 4.20. The van der Waals surface area contributed by atoms with Crippen molar-refractivity contribution in [1.29, 1.82) is 0 Å². The highest BCUT2D eigenvalue weighted by molar-refractivity contribution is 5.87. The number of carbonyl (C=O) groups excluding carboxylic acids is 1. The predicted octanol–water partition coefficient (Wildman–Crippen LogP) is 1.19. The van der Waals surface area contributed by atoms with Crippen molar-refractivity contribution in [3.63, 3.8) is 0 Å². The summed E-state index contributed by atoms with van der Waals surface area (Å²) >= 11 is 0. The Hall–Kier alpha value is -1.81. The van der Waals surface area contributed by atoms with Gasteiger partial charge in [0, 0.05) is 17.1 Å². The van der Waals surface area contributed by atoms with Gasteiger partial charge in [0.15, 0.2) is 0 Å². The fourth-order valence-corrected chi connectivity index (χ4v) is 2.09. The molecule has 2 aromatic rings. The number of fused-ring (bicyclic) bond motifs is 1. The molecule has 0 radical (unpaired) electrons. The first-order valence-corrected chi connectivity index (χ1v) is 5.73. The number of amides is 1. The van der Waals surface area contributed by atoms with Crippen LogP contribution in [0, 0.1) is 0 Å². The van der Waals surface area contributed by atoms with Gasteiger partial charge in [-0.05, 0) is 31.5 Å². The molecule has 2 rings (SSSR count). The van der Waals surface area contributed by atoms with Crippen LogP contribution in [-0.4, -0.2) is 17.0 Å². The zero-order valence-corrected chi connectivity index (χ0v) is 9.89. The summed E-state index contributed by atoms with van der Waals surface area (Å²) in [5, 5.41) is 1.14. The molecule has 1 heterocycles. The minimum atomic E-state index is -0.341. The van der Waals surface area contributed by atoms with Gasteiger partial charge in [0.05, 0.1) is 0 Å². The molecule has 1 unspecified atom stereocenters. The van der Waals surface area contributed by atoms with Crippen LogP contribution < -0.4 is 11.5 Å². The van der Waals surface area contributed by atoms with Gasteiger partial charge in [-0.15, -0.1) is 0 Å². The number of rotatable bonds is 4. The predicted molar refractivity (Wildman–Crippen MR) is 68.6 cm³/mol. The number of aromatic nitrogens is 1. The minimum Gasteiger partial charge on any atom is -0.368 e. The van der Waals surface area contributed by atoms with Crippen molar-refractivity contribution in [2.45, 2.75) is 19.4 Å². The first kappa shape index (κ1) is 11.7. The molecule has 0 bridgehead atoms. The topological polar surface area (TPSA) is 74.0 Å². The van der Waals surface area contributed by atoms with Gasteiger partial charge in [0.2, 0.25) is 5.91 Å². The molecule has 90 valence electrons. The molecule has 1 amide bonds. The molecule has 17 heavy (non-hydrogen) atoms. The van der Waals surface area contributed by atoms with E-state index in [2.05, 4.69) is 0 Å². The fraction of sp³-hybridized carbons (Fsp3) is 0.308. The maximum atomic E-state index is 11.3. The lowest BCUT2D eigenvalue weighted by Gasteiger charge is -2.10. The largest absolute Gasteiger partial charge is 0.368 e. The second-order valence-electron chi connectivity index (χ2n) is 4.20. The lowest BCUT2D eigenvalue weighted by Crippen LogP contribution is -2.23. The van der Waals surface area contributed by atoms with Crippen molar-refractivity contribution in [1.82, 2.24) is 4.57 Å². The number of hydrogen-bond donors (Lipinski definition) is 2. The Morgan fingerprint density at radius 2 is 2.12 bits per heavy atom. The Bertz CT molecular complexity index is 545. The van der Waals surface area contributed by atoms with E-state index in [9.17, 15) is 4.79 Å². The summed E-state index contributed by atoms with van der Waals surface area (Å²) in [5.41, 5.74) is 13.1. The van der Waals surface area contributed by atoms with E-state index >= 15 is 0 Å². The second kappa shape index (κ2) is 4.59. The molecule has 4 nitrogen and oxygen atoms in total. The smallest absolute Gasteiger partial charge is 0.240 e. The van der Waals surface area contributed by atoms with E-state index in [-0.39, 0.29) is 11.9 Å². The van der Waals surface area contributed by atoms with Crippen LogP contribution in [0.4, 0.5) is 0 Å². The summed E-state index contributed by atoms with van der Waals surface area (Å²) in [6, 6.07) is 7.64. The van der Waals surface area contributed by atoms with Crippen molar-refractivity contribution in [3.8, 4) is 0 Å². The Balaban J connectivity index is 2.60. The minimum absolute atomic E-state index is 0.329. The van der Waals surface area contributed by atoms with Crippen LogP contribution >= 0.6 is 0 Å². The van der Waals surface area contributed by atoms with Crippen molar-refractivity contribution in [2.24, 2.45) is 11.5 Å². The summed E-state index contributed by atoms with van der Waals surface area (Å²) in [5.74, 6) is -0.329. The number of primary amides is 1. The lowest BCUT2D eigenvalue weighted by atomic mass is 10.1. The van der Waals surface area contributed by atoms with Crippen molar-refractivity contribution in [2.75, 3.05) is 6.54 Å². The van der Waals surface area contributed by atoms with E-state index in [1.54, 1.807) is 6.92 Å². The van der Waals surface area contributed by atoms with E-state index in [1.807, 2.05) is 35.0 Å². The van der Waals surface area contributed by atoms with Gasteiger partial charge >= 0.3 is 0 Å². The molecule has 4 N–H and O–H groups in total. The highest BCUT2D eigenvalue weighted by Gasteiger charge is 2.15. The Labute approximate surface area is 100 Å². The van der Waals surface area contributed by atoms with E-state index in [4.69, 9.17) is 11.5 Å². The maximum Gasteiger partial charge on any atom is 0.240 e. The fourth-order valence-electron chi connectivity index (χ4n) is 2.09.